The third-order valence-electron chi connectivity index (χ3n) is 1.88. The maximum Gasteiger partial charge on any atom is 0.272 e. The van der Waals surface area contributed by atoms with Gasteiger partial charge in [-0.15, -0.1) is 0 Å². The fourth-order valence-electron chi connectivity index (χ4n) is 1.18. The average molecular weight is 296 g/mol. The van der Waals surface area contributed by atoms with Crippen molar-refractivity contribution in [3.8, 4) is 11.5 Å². The van der Waals surface area contributed by atoms with E-state index in [1.54, 1.807) is 12.1 Å². The first kappa shape index (κ1) is 13.2. The molecule has 0 saturated carbocycles. The number of ether oxygens (including phenoxy) is 2. The minimum absolute atomic E-state index is 0.264. The van der Waals surface area contributed by atoms with Crippen LogP contribution >= 0.6 is 15.9 Å². The van der Waals surface area contributed by atoms with Gasteiger partial charge in [0.1, 0.15) is 6.61 Å². The van der Waals surface area contributed by atoms with Crippen LogP contribution in [-0.4, -0.2) is 20.1 Å². The van der Waals surface area contributed by atoms with Crippen molar-refractivity contribution in [1.29, 1.82) is 0 Å². The molecule has 3 nitrogen and oxygen atoms in total. The standard InChI is InChI=1S/C10H12BrF2NO2/c1-15-8-3-6(4-14)2-7(11)10(8)16-5-9(12)13/h2-3,9H,4-5,14H2,1H3. The summed E-state index contributed by atoms with van der Waals surface area (Å²) in [4.78, 5) is 0. The van der Waals surface area contributed by atoms with Crippen molar-refractivity contribution >= 4 is 15.9 Å². The van der Waals surface area contributed by atoms with E-state index in [0.29, 0.717) is 16.8 Å². The summed E-state index contributed by atoms with van der Waals surface area (Å²) in [5, 5.41) is 0. The van der Waals surface area contributed by atoms with Gasteiger partial charge in [0.05, 0.1) is 11.6 Å². The lowest BCUT2D eigenvalue weighted by Crippen LogP contribution is -2.09. The number of hydrogen-bond donors (Lipinski definition) is 1. The van der Waals surface area contributed by atoms with Crippen LogP contribution in [0, 0.1) is 0 Å². The lowest BCUT2D eigenvalue weighted by molar-refractivity contribution is 0.0800. The van der Waals surface area contributed by atoms with Gasteiger partial charge < -0.3 is 15.2 Å². The fraction of sp³-hybridized carbons (Fsp3) is 0.400. The van der Waals surface area contributed by atoms with Crippen LogP contribution in [0.15, 0.2) is 16.6 Å². The summed E-state index contributed by atoms with van der Waals surface area (Å²) in [5.41, 5.74) is 6.30. The van der Waals surface area contributed by atoms with Gasteiger partial charge in [-0.05, 0) is 33.6 Å². The maximum absolute atomic E-state index is 12.0. The molecule has 0 amide bonds. The number of methoxy groups -OCH3 is 1. The highest BCUT2D eigenvalue weighted by Gasteiger charge is 2.13. The van der Waals surface area contributed by atoms with Crippen LogP contribution in [0.2, 0.25) is 0 Å². The Kier molecular flexibility index (Phi) is 4.95. The molecule has 0 bridgehead atoms. The predicted molar refractivity (Wildman–Crippen MR) is 60.1 cm³/mol. The van der Waals surface area contributed by atoms with Crippen molar-refractivity contribution in [3.63, 3.8) is 0 Å². The molecule has 0 unspecified atom stereocenters. The van der Waals surface area contributed by atoms with E-state index < -0.39 is 13.0 Å². The molecule has 1 aromatic rings. The Morgan fingerprint density at radius 2 is 2.12 bits per heavy atom. The molecule has 1 rings (SSSR count). The Morgan fingerprint density at radius 1 is 1.44 bits per heavy atom. The lowest BCUT2D eigenvalue weighted by atomic mass is 10.2. The highest BCUT2D eigenvalue weighted by molar-refractivity contribution is 9.10. The second-order valence-electron chi connectivity index (χ2n) is 3.02. The van der Waals surface area contributed by atoms with Gasteiger partial charge in [0.25, 0.3) is 6.43 Å². The normalized spacial score (nSPS) is 10.6. The molecule has 6 heteroatoms. The fourth-order valence-corrected chi connectivity index (χ4v) is 1.78. The van der Waals surface area contributed by atoms with Gasteiger partial charge >= 0.3 is 0 Å². The van der Waals surface area contributed by atoms with Gasteiger partial charge in [-0.25, -0.2) is 8.78 Å². The smallest absolute Gasteiger partial charge is 0.272 e. The number of halogens is 3. The largest absolute Gasteiger partial charge is 0.493 e. The zero-order chi connectivity index (χ0) is 12.1. The molecule has 0 spiro atoms. The van der Waals surface area contributed by atoms with Crippen LogP contribution in [0.3, 0.4) is 0 Å². The van der Waals surface area contributed by atoms with Crippen LogP contribution in [0.1, 0.15) is 5.56 Å². The summed E-state index contributed by atoms with van der Waals surface area (Å²) in [7, 11) is 1.44. The predicted octanol–water partition coefficient (Wildman–Crippen LogP) is 2.56. The van der Waals surface area contributed by atoms with Crippen LogP contribution in [0.5, 0.6) is 11.5 Å². The Bertz CT molecular complexity index is 361. The van der Waals surface area contributed by atoms with Crippen LogP contribution in [-0.2, 0) is 6.54 Å². The van der Waals surface area contributed by atoms with Crippen molar-refractivity contribution in [2.24, 2.45) is 5.73 Å². The molecule has 90 valence electrons. The van der Waals surface area contributed by atoms with E-state index in [0.717, 1.165) is 5.56 Å². The average Bonchev–Trinajstić information content (AvgIpc) is 2.26. The van der Waals surface area contributed by atoms with Crippen molar-refractivity contribution in [2.45, 2.75) is 13.0 Å². The van der Waals surface area contributed by atoms with E-state index in [1.165, 1.54) is 7.11 Å². The zero-order valence-electron chi connectivity index (χ0n) is 8.67. The molecule has 2 N–H and O–H groups in total. The second-order valence-corrected chi connectivity index (χ2v) is 3.87. The van der Waals surface area contributed by atoms with E-state index >= 15 is 0 Å². The Labute approximate surface area is 101 Å². The van der Waals surface area contributed by atoms with Gasteiger partial charge in [-0.2, -0.15) is 0 Å². The van der Waals surface area contributed by atoms with Crippen molar-refractivity contribution in [2.75, 3.05) is 13.7 Å². The third kappa shape index (κ3) is 3.31. The molecule has 0 saturated heterocycles. The minimum Gasteiger partial charge on any atom is -0.493 e. The van der Waals surface area contributed by atoms with E-state index in [1.807, 2.05) is 0 Å². The SMILES string of the molecule is COc1cc(CN)cc(Br)c1OCC(F)F. The number of rotatable bonds is 5. The number of nitrogens with two attached hydrogens (primary N) is 1. The topological polar surface area (TPSA) is 44.5 Å². The van der Waals surface area contributed by atoms with Crippen molar-refractivity contribution < 1.29 is 18.3 Å². The highest BCUT2D eigenvalue weighted by atomic mass is 79.9. The quantitative estimate of drug-likeness (QED) is 0.908. The molecule has 0 aliphatic heterocycles. The molecule has 16 heavy (non-hydrogen) atoms. The summed E-state index contributed by atoms with van der Waals surface area (Å²) in [6.07, 6.45) is -2.52. The first-order valence-electron chi connectivity index (χ1n) is 4.56. The Balaban J connectivity index is 2.97. The summed E-state index contributed by atoms with van der Waals surface area (Å²) >= 11 is 3.22. The van der Waals surface area contributed by atoms with Gasteiger partial charge in [-0.3, -0.25) is 0 Å². The molecule has 0 fully saturated rings. The van der Waals surface area contributed by atoms with E-state index in [-0.39, 0.29) is 5.75 Å². The van der Waals surface area contributed by atoms with Crippen LogP contribution in [0.4, 0.5) is 8.78 Å². The van der Waals surface area contributed by atoms with Gasteiger partial charge in [0, 0.05) is 6.54 Å². The molecule has 0 aromatic heterocycles. The molecule has 1 aromatic carbocycles. The first-order valence-corrected chi connectivity index (χ1v) is 5.35. The molecule has 0 radical (unpaired) electrons. The molecule has 0 heterocycles. The second kappa shape index (κ2) is 6.00. The molecular weight excluding hydrogens is 284 g/mol. The van der Waals surface area contributed by atoms with E-state index in [4.69, 9.17) is 15.2 Å². The van der Waals surface area contributed by atoms with E-state index in [9.17, 15) is 8.78 Å². The summed E-state index contributed by atoms with van der Waals surface area (Å²) in [6, 6.07) is 3.37. The maximum atomic E-state index is 12.0. The molecule has 0 atom stereocenters. The van der Waals surface area contributed by atoms with Gasteiger partial charge in [-0.1, -0.05) is 0 Å². The Hall–Kier alpha value is -0.880. The lowest BCUT2D eigenvalue weighted by Gasteiger charge is -2.13. The Morgan fingerprint density at radius 3 is 2.62 bits per heavy atom. The summed E-state index contributed by atoms with van der Waals surface area (Å²) in [5.74, 6) is 0.649. The van der Waals surface area contributed by atoms with Crippen LogP contribution < -0.4 is 15.2 Å². The van der Waals surface area contributed by atoms with Crippen molar-refractivity contribution in [3.05, 3.63) is 22.2 Å². The van der Waals surface area contributed by atoms with Crippen LogP contribution in [0.25, 0.3) is 0 Å². The number of benzene rings is 1. The number of alkyl halides is 2. The molecular formula is C10H12BrF2NO2. The first-order chi connectivity index (χ1) is 7.58. The van der Waals surface area contributed by atoms with E-state index in [2.05, 4.69) is 15.9 Å². The summed E-state index contributed by atoms with van der Waals surface area (Å²) < 4.78 is 34.6. The highest BCUT2D eigenvalue weighted by Crippen LogP contribution is 2.36. The monoisotopic (exact) mass is 295 g/mol. The molecule has 0 aliphatic rings. The van der Waals surface area contributed by atoms with Crippen molar-refractivity contribution in [1.82, 2.24) is 0 Å². The number of hydrogen-bond acceptors (Lipinski definition) is 3. The molecule has 0 aliphatic carbocycles. The third-order valence-corrected chi connectivity index (χ3v) is 2.47. The summed E-state index contributed by atoms with van der Waals surface area (Å²) in [6.45, 7) is -0.332. The minimum atomic E-state index is -2.52. The van der Waals surface area contributed by atoms with Gasteiger partial charge in [0.2, 0.25) is 0 Å². The zero-order valence-corrected chi connectivity index (χ0v) is 10.3. The van der Waals surface area contributed by atoms with Gasteiger partial charge in [0.15, 0.2) is 11.5 Å².